The molecule has 0 saturated carbocycles. The van der Waals surface area contributed by atoms with E-state index < -0.39 is 5.97 Å². The zero-order valence-corrected chi connectivity index (χ0v) is 13.2. The third-order valence-electron chi connectivity index (χ3n) is 3.92. The molecule has 0 aliphatic carbocycles. The van der Waals surface area contributed by atoms with Gasteiger partial charge in [0, 0.05) is 5.39 Å². The Kier molecular flexibility index (Phi) is 3.78. The first-order valence-corrected chi connectivity index (χ1v) is 7.82. The zero-order valence-electron chi connectivity index (χ0n) is 13.2. The van der Waals surface area contributed by atoms with Crippen LogP contribution in [0.3, 0.4) is 0 Å². The molecule has 4 rings (SSSR count). The highest BCUT2D eigenvalue weighted by atomic mass is 16.5. The summed E-state index contributed by atoms with van der Waals surface area (Å²) in [6.07, 6.45) is 1.46. The van der Waals surface area contributed by atoms with Crippen molar-refractivity contribution in [3.8, 4) is 0 Å². The summed E-state index contributed by atoms with van der Waals surface area (Å²) in [7, 11) is 0. The van der Waals surface area contributed by atoms with Crippen LogP contribution < -0.4 is 5.56 Å². The Hall–Kier alpha value is -3.41. The SMILES string of the molecule is O=C(OCCn1cnc2ccccc2c1=O)c1cc2ccccc2o1. The predicted molar refractivity (Wildman–Crippen MR) is 92.5 cm³/mol. The van der Waals surface area contributed by atoms with Crippen molar-refractivity contribution >= 4 is 27.8 Å². The van der Waals surface area contributed by atoms with Gasteiger partial charge in [0.1, 0.15) is 12.2 Å². The van der Waals surface area contributed by atoms with Crippen LogP contribution in [0.2, 0.25) is 0 Å². The summed E-state index contributed by atoms with van der Waals surface area (Å²) in [5.74, 6) is -0.414. The molecule has 0 atom stereocenters. The highest BCUT2D eigenvalue weighted by molar-refractivity contribution is 5.92. The molecule has 2 aromatic carbocycles. The Morgan fingerprint density at radius 2 is 1.92 bits per heavy atom. The molecule has 124 valence electrons. The molecule has 0 saturated heterocycles. The molecule has 2 heterocycles. The van der Waals surface area contributed by atoms with Crippen LogP contribution >= 0.6 is 0 Å². The topological polar surface area (TPSA) is 74.3 Å². The number of fused-ring (bicyclic) bond motifs is 2. The van der Waals surface area contributed by atoms with Gasteiger partial charge in [-0.3, -0.25) is 9.36 Å². The summed E-state index contributed by atoms with van der Waals surface area (Å²) in [6.45, 7) is 0.276. The van der Waals surface area contributed by atoms with E-state index in [0.717, 1.165) is 5.39 Å². The molecular weight excluding hydrogens is 320 g/mol. The van der Waals surface area contributed by atoms with E-state index in [9.17, 15) is 9.59 Å². The normalized spacial score (nSPS) is 11.0. The molecule has 6 heteroatoms. The maximum Gasteiger partial charge on any atom is 0.374 e. The van der Waals surface area contributed by atoms with Crippen molar-refractivity contribution in [3.05, 3.63) is 77.0 Å². The van der Waals surface area contributed by atoms with Crippen molar-refractivity contribution in [2.24, 2.45) is 0 Å². The Balaban J connectivity index is 1.46. The molecule has 2 aromatic heterocycles. The van der Waals surface area contributed by atoms with Crippen molar-refractivity contribution in [1.29, 1.82) is 0 Å². The molecule has 0 amide bonds. The third kappa shape index (κ3) is 2.89. The molecule has 0 spiro atoms. The van der Waals surface area contributed by atoms with E-state index in [0.29, 0.717) is 16.5 Å². The summed E-state index contributed by atoms with van der Waals surface area (Å²) >= 11 is 0. The van der Waals surface area contributed by atoms with Crippen LogP contribution in [-0.4, -0.2) is 22.1 Å². The monoisotopic (exact) mass is 334 g/mol. The second-order valence-electron chi connectivity index (χ2n) is 5.54. The average molecular weight is 334 g/mol. The Morgan fingerprint density at radius 1 is 1.12 bits per heavy atom. The minimum atomic E-state index is -0.557. The lowest BCUT2D eigenvalue weighted by atomic mass is 10.2. The second kappa shape index (κ2) is 6.24. The van der Waals surface area contributed by atoms with Gasteiger partial charge in [-0.2, -0.15) is 0 Å². The fourth-order valence-electron chi connectivity index (χ4n) is 2.66. The minimum absolute atomic E-state index is 0.0514. The molecule has 0 unspecified atom stereocenters. The minimum Gasteiger partial charge on any atom is -0.458 e. The number of para-hydroxylation sites is 2. The van der Waals surface area contributed by atoms with E-state index in [4.69, 9.17) is 9.15 Å². The van der Waals surface area contributed by atoms with Gasteiger partial charge in [0.15, 0.2) is 0 Å². The summed E-state index contributed by atoms with van der Waals surface area (Å²) in [4.78, 5) is 28.7. The molecule has 25 heavy (non-hydrogen) atoms. The van der Waals surface area contributed by atoms with Gasteiger partial charge in [0.2, 0.25) is 5.76 Å². The first-order valence-electron chi connectivity index (χ1n) is 7.82. The summed E-state index contributed by atoms with van der Waals surface area (Å²) in [5.41, 5.74) is 1.11. The Bertz CT molecular complexity index is 1090. The van der Waals surface area contributed by atoms with Gasteiger partial charge in [0.25, 0.3) is 5.56 Å². The van der Waals surface area contributed by atoms with Crippen molar-refractivity contribution in [1.82, 2.24) is 9.55 Å². The number of hydrogen-bond acceptors (Lipinski definition) is 5. The van der Waals surface area contributed by atoms with Gasteiger partial charge in [-0.1, -0.05) is 30.3 Å². The number of carbonyl (C=O) groups is 1. The lowest BCUT2D eigenvalue weighted by Gasteiger charge is -2.07. The predicted octanol–water partition coefficient (Wildman–Crippen LogP) is 3.00. The first-order chi connectivity index (χ1) is 12.2. The molecule has 0 aliphatic heterocycles. The summed E-state index contributed by atoms with van der Waals surface area (Å²) in [6, 6.07) is 16.1. The molecule has 4 aromatic rings. The maximum absolute atomic E-state index is 12.4. The molecule has 0 aliphatic rings. The van der Waals surface area contributed by atoms with Crippen LogP contribution in [0.4, 0.5) is 0 Å². The third-order valence-corrected chi connectivity index (χ3v) is 3.92. The van der Waals surface area contributed by atoms with Gasteiger partial charge in [0.05, 0.1) is 23.8 Å². The van der Waals surface area contributed by atoms with Gasteiger partial charge < -0.3 is 9.15 Å². The molecule has 6 nitrogen and oxygen atoms in total. The fourth-order valence-corrected chi connectivity index (χ4v) is 2.66. The van der Waals surface area contributed by atoms with Crippen molar-refractivity contribution in [3.63, 3.8) is 0 Å². The largest absolute Gasteiger partial charge is 0.458 e. The number of aromatic nitrogens is 2. The number of carbonyl (C=O) groups excluding carboxylic acids is 1. The molecule has 0 fully saturated rings. The van der Waals surface area contributed by atoms with E-state index in [2.05, 4.69) is 4.98 Å². The maximum atomic E-state index is 12.4. The molecular formula is C19H14N2O4. The van der Waals surface area contributed by atoms with Gasteiger partial charge >= 0.3 is 5.97 Å². The number of esters is 1. The molecule has 0 N–H and O–H groups in total. The van der Waals surface area contributed by atoms with Crippen LogP contribution in [0, 0.1) is 0 Å². The Morgan fingerprint density at radius 3 is 2.80 bits per heavy atom. The number of rotatable bonds is 4. The lowest BCUT2D eigenvalue weighted by Crippen LogP contribution is -2.23. The average Bonchev–Trinajstić information content (AvgIpc) is 3.08. The standard InChI is InChI=1S/C19H14N2O4/c22-18-14-6-2-3-7-15(14)20-12-21(18)9-10-24-19(23)17-11-13-5-1-4-8-16(13)25-17/h1-8,11-12H,9-10H2. The van der Waals surface area contributed by atoms with Crippen molar-refractivity contribution in [2.45, 2.75) is 6.54 Å². The molecule has 0 radical (unpaired) electrons. The Labute approximate surface area is 142 Å². The number of benzene rings is 2. The van der Waals surface area contributed by atoms with E-state index in [1.807, 2.05) is 24.3 Å². The van der Waals surface area contributed by atoms with E-state index >= 15 is 0 Å². The number of nitrogens with zero attached hydrogens (tertiary/aromatic N) is 2. The van der Waals surface area contributed by atoms with Crippen LogP contribution in [-0.2, 0) is 11.3 Å². The van der Waals surface area contributed by atoms with Crippen LogP contribution in [0.25, 0.3) is 21.9 Å². The second-order valence-corrected chi connectivity index (χ2v) is 5.54. The van der Waals surface area contributed by atoms with Gasteiger partial charge in [-0.05, 0) is 24.3 Å². The number of ether oxygens (including phenoxy) is 1. The fraction of sp³-hybridized carbons (Fsp3) is 0.105. The lowest BCUT2D eigenvalue weighted by molar-refractivity contribution is 0.0456. The summed E-state index contributed by atoms with van der Waals surface area (Å²) in [5, 5.41) is 1.37. The first kappa shape index (κ1) is 15.1. The van der Waals surface area contributed by atoms with Crippen molar-refractivity contribution < 1.29 is 13.9 Å². The van der Waals surface area contributed by atoms with Crippen LogP contribution in [0.1, 0.15) is 10.6 Å². The zero-order chi connectivity index (χ0) is 17.2. The van der Waals surface area contributed by atoms with Crippen LogP contribution in [0.5, 0.6) is 0 Å². The van der Waals surface area contributed by atoms with Crippen LogP contribution in [0.15, 0.2) is 70.1 Å². The number of hydrogen-bond donors (Lipinski definition) is 0. The van der Waals surface area contributed by atoms with Gasteiger partial charge in [-0.15, -0.1) is 0 Å². The van der Waals surface area contributed by atoms with Gasteiger partial charge in [-0.25, -0.2) is 9.78 Å². The number of furan rings is 1. The van der Waals surface area contributed by atoms with E-state index in [-0.39, 0.29) is 24.5 Å². The highest BCUT2D eigenvalue weighted by Crippen LogP contribution is 2.19. The summed E-state index contributed by atoms with van der Waals surface area (Å²) < 4.78 is 12.1. The van der Waals surface area contributed by atoms with E-state index in [1.165, 1.54) is 10.9 Å². The molecule has 0 bridgehead atoms. The van der Waals surface area contributed by atoms with E-state index in [1.54, 1.807) is 30.3 Å². The smallest absolute Gasteiger partial charge is 0.374 e. The quantitative estimate of drug-likeness (QED) is 0.536. The van der Waals surface area contributed by atoms with Crippen molar-refractivity contribution in [2.75, 3.05) is 6.61 Å². The highest BCUT2D eigenvalue weighted by Gasteiger charge is 2.13.